The third-order valence-electron chi connectivity index (χ3n) is 3.94. The molecular formula is C19H19NO6S2. The van der Waals surface area contributed by atoms with Crippen LogP contribution in [0.4, 0.5) is 4.79 Å². The van der Waals surface area contributed by atoms with E-state index in [2.05, 4.69) is 5.32 Å². The lowest BCUT2D eigenvalue weighted by atomic mass is 10.1. The molecule has 0 spiro atoms. The number of thioether (sulfide) groups is 1. The van der Waals surface area contributed by atoms with E-state index >= 15 is 0 Å². The van der Waals surface area contributed by atoms with Gasteiger partial charge in [0.05, 0.1) is 18.1 Å². The summed E-state index contributed by atoms with van der Waals surface area (Å²) in [7, 11) is -3.52. The summed E-state index contributed by atoms with van der Waals surface area (Å²) >= 11 is 1.01. The summed E-state index contributed by atoms with van der Waals surface area (Å²) in [5.41, 5.74) is 1.95. The highest BCUT2D eigenvalue weighted by Crippen LogP contribution is 2.24. The molecule has 148 valence electrons. The van der Waals surface area contributed by atoms with Crippen molar-refractivity contribution in [1.82, 2.24) is 5.32 Å². The lowest BCUT2D eigenvalue weighted by molar-refractivity contribution is -0.118. The van der Waals surface area contributed by atoms with E-state index in [1.807, 2.05) is 24.3 Å². The van der Waals surface area contributed by atoms with Crippen molar-refractivity contribution < 1.29 is 26.9 Å². The molecule has 1 saturated heterocycles. The van der Waals surface area contributed by atoms with E-state index in [-0.39, 0.29) is 22.1 Å². The van der Waals surface area contributed by atoms with Gasteiger partial charge in [0.2, 0.25) is 5.91 Å². The van der Waals surface area contributed by atoms with Crippen molar-refractivity contribution >= 4 is 33.0 Å². The predicted molar refractivity (Wildman–Crippen MR) is 106 cm³/mol. The summed E-state index contributed by atoms with van der Waals surface area (Å²) in [6.45, 7) is 0.459. The minimum atomic E-state index is -3.52. The second-order valence-corrected chi connectivity index (χ2v) is 9.01. The Labute approximate surface area is 167 Å². The van der Waals surface area contributed by atoms with Gasteiger partial charge in [-0.1, -0.05) is 36.0 Å². The molecule has 1 unspecified atom stereocenters. The van der Waals surface area contributed by atoms with Crippen LogP contribution in [0.15, 0.2) is 48.5 Å². The molecule has 1 N–H and O–H groups in total. The van der Waals surface area contributed by atoms with Crippen LogP contribution in [0.5, 0.6) is 11.5 Å². The molecule has 3 rings (SSSR count). The Morgan fingerprint density at radius 2 is 1.57 bits per heavy atom. The van der Waals surface area contributed by atoms with Crippen molar-refractivity contribution in [2.45, 2.75) is 18.1 Å². The fourth-order valence-electron chi connectivity index (χ4n) is 2.64. The van der Waals surface area contributed by atoms with E-state index < -0.39 is 10.1 Å². The van der Waals surface area contributed by atoms with Gasteiger partial charge in [0.1, 0.15) is 11.5 Å². The van der Waals surface area contributed by atoms with Gasteiger partial charge in [-0.2, -0.15) is 8.42 Å². The topological polar surface area (TPSA) is 98.8 Å². The van der Waals surface area contributed by atoms with Crippen molar-refractivity contribution in [2.24, 2.45) is 0 Å². The van der Waals surface area contributed by atoms with Crippen LogP contribution in [-0.4, -0.2) is 37.7 Å². The van der Waals surface area contributed by atoms with Gasteiger partial charge in [0.25, 0.3) is 5.24 Å². The summed E-state index contributed by atoms with van der Waals surface area (Å²) in [5.74, 6) is 0.738. The second-order valence-electron chi connectivity index (χ2n) is 6.26. The van der Waals surface area contributed by atoms with Crippen LogP contribution >= 0.6 is 11.8 Å². The first-order chi connectivity index (χ1) is 13.3. The maximum absolute atomic E-state index is 11.6. The van der Waals surface area contributed by atoms with Crippen molar-refractivity contribution in [1.29, 1.82) is 0 Å². The Bertz CT molecular complexity index is 955. The van der Waals surface area contributed by atoms with E-state index in [0.717, 1.165) is 29.1 Å². The summed E-state index contributed by atoms with van der Waals surface area (Å²) in [6, 6.07) is 14.2. The molecule has 7 nitrogen and oxygen atoms in total. The van der Waals surface area contributed by atoms with E-state index in [0.29, 0.717) is 25.2 Å². The molecule has 1 aliphatic rings. The van der Waals surface area contributed by atoms with Gasteiger partial charge in [-0.25, -0.2) is 0 Å². The quantitative estimate of drug-likeness (QED) is 0.654. The molecule has 1 aliphatic heterocycles. The fraction of sp³-hybridized carbons (Fsp3) is 0.263. The molecule has 2 aromatic carbocycles. The third kappa shape index (κ3) is 6.00. The lowest BCUT2D eigenvalue weighted by Crippen LogP contribution is -2.25. The number of benzene rings is 2. The summed E-state index contributed by atoms with van der Waals surface area (Å²) < 4.78 is 32.7. The van der Waals surface area contributed by atoms with Gasteiger partial charge in [-0.15, -0.1) is 0 Å². The first-order valence-corrected chi connectivity index (χ1v) is 11.2. The Hall–Kier alpha value is -2.52. The molecule has 0 bridgehead atoms. The lowest BCUT2D eigenvalue weighted by Gasteiger charge is -2.09. The summed E-state index contributed by atoms with van der Waals surface area (Å²) in [4.78, 5) is 22.8. The van der Waals surface area contributed by atoms with Crippen LogP contribution < -0.4 is 14.2 Å². The number of nitrogens with one attached hydrogen (secondary N) is 1. The SMILES string of the molecule is CS(=O)(=O)Oc1ccc(CCOc2ccc(CC3SC(=O)NC3=O)cc2)cc1. The number of rotatable bonds is 8. The van der Waals surface area contributed by atoms with Crippen molar-refractivity contribution in [2.75, 3.05) is 12.9 Å². The molecule has 0 aliphatic carbocycles. The highest BCUT2D eigenvalue weighted by molar-refractivity contribution is 8.15. The Morgan fingerprint density at radius 1 is 0.964 bits per heavy atom. The first-order valence-electron chi connectivity index (χ1n) is 8.50. The van der Waals surface area contributed by atoms with Crippen LogP contribution in [0.2, 0.25) is 0 Å². The smallest absolute Gasteiger partial charge is 0.306 e. The van der Waals surface area contributed by atoms with Gasteiger partial charge in [0.15, 0.2) is 0 Å². The van der Waals surface area contributed by atoms with Gasteiger partial charge in [0, 0.05) is 6.42 Å². The van der Waals surface area contributed by atoms with Gasteiger partial charge >= 0.3 is 10.1 Å². The average molecular weight is 421 g/mol. The van der Waals surface area contributed by atoms with Gasteiger partial charge in [-0.3, -0.25) is 14.9 Å². The van der Waals surface area contributed by atoms with Crippen LogP contribution in [0.3, 0.4) is 0 Å². The van der Waals surface area contributed by atoms with Gasteiger partial charge in [-0.05, 0) is 41.8 Å². The predicted octanol–water partition coefficient (Wildman–Crippen LogP) is 2.54. The van der Waals surface area contributed by atoms with Crippen molar-refractivity contribution in [3.05, 3.63) is 59.7 Å². The van der Waals surface area contributed by atoms with Crippen LogP contribution in [0.1, 0.15) is 11.1 Å². The molecule has 1 fully saturated rings. The minimum Gasteiger partial charge on any atom is -0.493 e. The van der Waals surface area contributed by atoms with Crippen molar-refractivity contribution in [3.8, 4) is 11.5 Å². The second kappa shape index (κ2) is 8.66. The normalized spacial score (nSPS) is 16.7. The molecule has 0 radical (unpaired) electrons. The Morgan fingerprint density at radius 3 is 2.14 bits per heavy atom. The zero-order valence-electron chi connectivity index (χ0n) is 15.1. The number of ether oxygens (including phenoxy) is 1. The zero-order valence-corrected chi connectivity index (χ0v) is 16.7. The average Bonchev–Trinajstić information content (AvgIpc) is 2.94. The summed E-state index contributed by atoms with van der Waals surface area (Å²) in [6.07, 6.45) is 2.15. The Kier molecular flexibility index (Phi) is 6.25. The number of hydrogen-bond acceptors (Lipinski definition) is 7. The van der Waals surface area contributed by atoms with Crippen LogP contribution in [0, 0.1) is 0 Å². The molecule has 0 saturated carbocycles. The molecular weight excluding hydrogens is 402 g/mol. The number of carbonyl (C=O) groups is 2. The standard InChI is InChI=1S/C19H19NO6S2/c1-28(23,24)26-16-8-2-13(3-9-16)10-11-25-15-6-4-14(5-7-15)12-17-18(21)20-19(22)27-17/h2-9,17H,10-12H2,1H3,(H,20,21,22). The largest absolute Gasteiger partial charge is 0.493 e. The van der Waals surface area contributed by atoms with E-state index in [1.165, 1.54) is 0 Å². The van der Waals surface area contributed by atoms with Crippen LogP contribution in [0.25, 0.3) is 0 Å². The van der Waals surface area contributed by atoms with E-state index in [4.69, 9.17) is 8.92 Å². The molecule has 0 aromatic heterocycles. The molecule has 9 heteroatoms. The maximum atomic E-state index is 11.6. The molecule has 2 aromatic rings. The number of carbonyl (C=O) groups excluding carboxylic acids is 2. The van der Waals surface area contributed by atoms with E-state index in [1.54, 1.807) is 24.3 Å². The molecule has 2 amide bonds. The fourth-order valence-corrected chi connectivity index (χ4v) is 3.96. The van der Waals surface area contributed by atoms with E-state index in [9.17, 15) is 18.0 Å². The molecule has 1 atom stereocenters. The molecule has 1 heterocycles. The monoisotopic (exact) mass is 421 g/mol. The minimum absolute atomic E-state index is 0.247. The maximum Gasteiger partial charge on any atom is 0.306 e. The van der Waals surface area contributed by atoms with Gasteiger partial charge < -0.3 is 8.92 Å². The Balaban J connectivity index is 1.46. The molecule has 28 heavy (non-hydrogen) atoms. The first kappa shape index (κ1) is 20.2. The number of hydrogen-bond donors (Lipinski definition) is 1. The van der Waals surface area contributed by atoms with Crippen LogP contribution in [-0.2, 0) is 27.8 Å². The number of imide groups is 1. The summed E-state index contributed by atoms with van der Waals surface area (Å²) in [5, 5.41) is 1.60. The van der Waals surface area contributed by atoms with Crippen molar-refractivity contribution in [3.63, 3.8) is 0 Å². The highest BCUT2D eigenvalue weighted by atomic mass is 32.2. The third-order valence-corrected chi connectivity index (χ3v) is 5.42. The number of amides is 2. The zero-order chi connectivity index (χ0) is 20.1. The highest BCUT2D eigenvalue weighted by Gasteiger charge is 2.31.